The summed E-state index contributed by atoms with van der Waals surface area (Å²) in [6.45, 7) is 2.33. The highest BCUT2D eigenvalue weighted by Crippen LogP contribution is 2.21. The average molecular weight is 360 g/mol. The van der Waals surface area contributed by atoms with Crippen molar-refractivity contribution in [2.24, 2.45) is 0 Å². The highest BCUT2D eigenvalue weighted by atomic mass is 16.2. The molecule has 0 radical (unpaired) electrons. The normalized spacial score (nSPS) is 10.1. The molecule has 7 heteroatoms. The quantitative estimate of drug-likeness (QED) is 0.501. The minimum absolute atomic E-state index is 0.354. The summed E-state index contributed by atoms with van der Waals surface area (Å²) in [7, 11) is 0. The molecule has 3 rings (SSSR count). The first kappa shape index (κ1) is 18.1. The number of carbonyl (C=O) groups is 1. The predicted molar refractivity (Wildman–Crippen MR) is 107 cm³/mol. The molecule has 0 aliphatic rings. The molecule has 2 aromatic heterocycles. The number of urea groups is 1. The molecular formula is C20H20N6O. The van der Waals surface area contributed by atoms with Crippen LogP contribution in [0.5, 0.6) is 0 Å². The predicted octanol–water partition coefficient (Wildman–Crippen LogP) is 3.85. The highest BCUT2D eigenvalue weighted by molar-refractivity contribution is 5.92. The van der Waals surface area contributed by atoms with E-state index >= 15 is 0 Å². The van der Waals surface area contributed by atoms with Crippen molar-refractivity contribution in [1.82, 2.24) is 15.3 Å². The molecule has 0 unspecified atom stereocenters. The van der Waals surface area contributed by atoms with Crippen LogP contribution < -0.4 is 16.0 Å². The third kappa shape index (κ3) is 5.12. The van der Waals surface area contributed by atoms with Gasteiger partial charge >= 0.3 is 6.03 Å². The highest BCUT2D eigenvalue weighted by Gasteiger charge is 2.07. The lowest BCUT2D eigenvalue weighted by molar-refractivity contribution is 0.251. The Balaban J connectivity index is 1.64. The third-order valence-electron chi connectivity index (χ3n) is 3.80. The molecule has 0 bridgehead atoms. The van der Waals surface area contributed by atoms with Crippen molar-refractivity contribution < 1.29 is 4.79 Å². The number of amides is 2. The van der Waals surface area contributed by atoms with Crippen LogP contribution in [0.2, 0.25) is 0 Å². The van der Waals surface area contributed by atoms with Crippen LogP contribution in [-0.2, 0) is 6.54 Å². The number of pyridine rings is 2. The fourth-order valence-electron chi connectivity index (χ4n) is 2.48. The van der Waals surface area contributed by atoms with Gasteiger partial charge in [0.05, 0.1) is 11.9 Å². The molecular weight excluding hydrogens is 340 g/mol. The topological polar surface area (TPSA) is 103 Å². The second kappa shape index (κ2) is 8.57. The first-order valence-corrected chi connectivity index (χ1v) is 8.43. The van der Waals surface area contributed by atoms with E-state index in [1.54, 1.807) is 18.5 Å². The van der Waals surface area contributed by atoms with Crippen molar-refractivity contribution in [3.63, 3.8) is 0 Å². The fourth-order valence-corrected chi connectivity index (χ4v) is 2.48. The Morgan fingerprint density at radius 2 is 1.96 bits per heavy atom. The van der Waals surface area contributed by atoms with Crippen molar-refractivity contribution in [3.05, 3.63) is 77.7 Å². The van der Waals surface area contributed by atoms with Crippen molar-refractivity contribution in [2.45, 2.75) is 13.5 Å². The van der Waals surface area contributed by atoms with Gasteiger partial charge in [-0.05, 0) is 30.7 Å². The standard InChI is InChI=1S/C20H20N6O/c1-14-9-17(7-8-22-14)25-18-13-23-19(10-16(18)11-21)26-20(27)24-12-15-5-3-2-4-6-15/h2-11,13,21H,12H2,1H3,(H,22,25)(H2,23,24,26,27). The summed E-state index contributed by atoms with van der Waals surface area (Å²) in [6, 6.07) is 14.7. The van der Waals surface area contributed by atoms with Gasteiger partial charge in [0.15, 0.2) is 0 Å². The van der Waals surface area contributed by atoms with Crippen LogP contribution in [0.1, 0.15) is 16.8 Å². The largest absolute Gasteiger partial charge is 0.354 e. The molecule has 1 aromatic carbocycles. The first-order chi connectivity index (χ1) is 13.1. The van der Waals surface area contributed by atoms with Gasteiger partial charge in [-0.25, -0.2) is 9.78 Å². The zero-order chi connectivity index (χ0) is 19.1. The fraction of sp³-hybridized carbons (Fsp3) is 0.100. The van der Waals surface area contributed by atoms with Crippen molar-refractivity contribution in [2.75, 3.05) is 10.6 Å². The van der Waals surface area contributed by atoms with Gasteiger partial charge in [-0.3, -0.25) is 10.3 Å². The van der Waals surface area contributed by atoms with E-state index in [4.69, 9.17) is 5.41 Å². The Hall–Kier alpha value is -3.74. The number of anilines is 3. The van der Waals surface area contributed by atoms with E-state index in [-0.39, 0.29) is 6.03 Å². The molecule has 0 aliphatic carbocycles. The molecule has 4 N–H and O–H groups in total. The van der Waals surface area contributed by atoms with Crippen LogP contribution >= 0.6 is 0 Å². The summed E-state index contributed by atoms with van der Waals surface area (Å²) >= 11 is 0. The Morgan fingerprint density at radius 3 is 2.70 bits per heavy atom. The van der Waals surface area contributed by atoms with E-state index in [1.807, 2.05) is 49.4 Å². The van der Waals surface area contributed by atoms with Gasteiger partial charge in [-0.2, -0.15) is 0 Å². The zero-order valence-corrected chi connectivity index (χ0v) is 14.9. The Kier molecular flexibility index (Phi) is 5.73. The van der Waals surface area contributed by atoms with Crippen LogP contribution in [0.4, 0.5) is 22.0 Å². The van der Waals surface area contributed by atoms with Gasteiger partial charge in [0.25, 0.3) is 0 Å². The van der Waals surface area contributed by atoms with Gasteiger partial charge in [-0.15, -0.1) is 0 Å². The van der Waals surface area contributed by atoms with Gasteiger partial charge in [0, 0.05) is 35.9 Å². The lowest BCUT2D eigenvalue weighted by Gasteiger charge is -2.12. The number of rotatable bonds is 6. The summed E-state index contributed by atoms with van der Waals surface area (Å²) in [6.07, 6.45) is 4.51. The number of nitrogens with one attached hydrogen (secondary N) is 4. The lowest BCUT2D eigenvalue weighted by Crippen LogP contribution is -2.28. The van der Waals surface area contributed by atoms with Gasteiger partial charge in [-0.1, -0.05) is 30.3 Å². The molecule has 2 amide bonds. The molecule has 27 heavy (non-hydrogen) atoms. The Morgan fingerprint density at radius 1 is 1.15 bits per heavy atom. The van der Waals surface area contributed by atoms with Gasteiger partial charge in [0.2, 0.25) is 0 Å². The van der Waals surface area contributed by atoms with E-state index < -0.39 is 0 Å². The minimum atomic E-state index is -0.354. The van der Waals surface area contributed by atoms with Gasteiger partial charge in [0.1, 0.15) is 5.82 Å². The number of aryl methyl sites for hydroxylation is 1. The van der Waals surface area contributed by atoms with Crippen molar-refractivity contribution in [3.8, 4) is 0 Å². The lowest BCUT2D eigenvalue weighted by atomic mass is 10.2. The second-order valence-corrected chi connectivity index (χ2v) is 5.91. The summed E-state index contributed by atoms with van der Waals surface area (Å²) in [4.78, 5) is 20.5. The zero-order valence-electron chi connectivity index (χ0n) is 14.9. The molecule has 0 aliphatic heterocycles. The Bertz CT molecular complexity index is 942. The molecule has 0 spiro atoms. The van der Waals surface area contributed by atoms with Crippen molar-refractivity contribution in [1.29, 1.82) is 5.41 Å². The molecule has 0 atom stereocenters. The molecule has 0 saturated heterocycles. The van der Waals surface area contributed by atoms with Crippen LogP contribution in [0.25, 0.3) is 0 Å². The maximum absolute atomic E-state index is 12.1. The smallest absolute Gasteiger partial charge is 0.320 e. The number of aromatic nitrogens is 2. The van der Waals surface area contributed by atoms with Crippen LogP contribution in [0, 0.1) is 12.3 Å². The molecule has 3 aromatic rings. The maximum atomic E-state index is 12.1. The van der Waals surface area contributed by atoms with Crippen LogP contribution in [-0.4, -0.2) is 22.2 Å². The molecule has 0 saturated carbocycles. The van der Waals surface area contributed by atoms with Crippen LogP contribution in [0.3, 0.4) is 0 Å². The molecule has 0 fully saturated rings. The summed E-state index contributed by atoms with van der Waals surface area (Å²) in [5.74, 6) is 0.371. The average Bonchev–Trinajstić information content (AvgIpc) is 2.68. The molecule has 2 heterocycles. The van der Waals surface area contributed by atoms with Crippen LogP contribution in [0.15, 0.2) is 60.9 Å². The number of carbonyl (C=O) groups excluding carboxylic acids is 1. The number of hydrogen-bond donors (Lipinski definition) is 4. The SMILES string of the molecule is Cc1cc(Nc2cnc(NC(=O)NCc3ccccc3)cc2C=N)ccn1. The van der Waals surface area contributed by atoms with E-state index in [1.165, 1.54) is 6.21 Å². The van der Waals surface area contributed by atoms with Crippen molar-refractivity contribution >= 4 is 29.4 Å². The van der Waals surface area contributed by atoms with E-state index in [2.05, 4.69) is 25.9 Å². The van der Waals surface area contributed by atoms with E-state index in [9.17, 15) is 4.79 Å². The minimum Gasteiger partial charge on any atom is -0.354 e. The number of benzene rings is 1. The van der Waals surface area contributed by atoms with E-state index in [0.717, 1.165) is 16.9 Å². The summed E-state index contributed by atoms with van der Waals surface area (Å²) < 4.78 is 0. The molecule has 136 valence electrons. The van der Waals surface area contributed by atoms with Gasteiger partial charge < -0.3 is 16.0 Å². The Labute approximate surface area is 157 Å². The maximum Gasteiger partial charge on any atom is 0.320 e. The molecule has 7 nitrogen and oxygen atoms in total. The summed E-state index contributed by atoms with van der Waals surface area (Å²) in [5, 5.41) is 16.3. The number of hydrogen-bond acceptors (Lipinski definition) is 5. The number of nitrogens with zero attached hydrogens (tertiary/aromatic N) is 2. The first-order valence-electron chi connectivity index (χ1n) is 8.43. The second-order valence-electron chi connectivity index (χ2n) is 5.91. The van der Waals surface area contributed by atoms with E-state index in [0.29, 0.717) is 23.6 Å². The third-order valence-corrected chi connectivity index (χ3v) is 3.80. The monoisotopic (exact) mass is 360 g/mol. The summed E-state index contributed by atoms with van der Waals surface area (Å²) in [5.41, 5.74) is 4.03.